The van der Waals surface area contributed by atoms with Gasteiger partial charge in [-0.1, -0.05) is 6.07 Å². The van der Waals surface area contributed by atoms with Crippen LogP contribution in [0.5, 0.6) is 0 Å². The van der Waals surface area contributed by atoms with Gasteiger partial charge in [-0.3, -0.25) is 9.59 Å². The van der Waals surface area contributed by atoms with Crippen LogP contribution in [0.15, 0.2) is 22.0 Å². The molecule has 1 aliphatic heterocycles. The van der Waals surface area contributed by atoms with Crippen LogP contribution in [0.2, 0.25) is 0 Å². The lowest BCUT2D eigenvalue weighted by molar-refractivity contribution is -0.173. The minimum atomic E-state index is -4.56. The largest absolute Gasteiger partial charge is 0.410 e. The highest BCUT2D eigenvalue weighted by molar-refractivity contribution is 9.10. The van der Waals surface area contributed by atoms with Crippen molar-refractivity contribution >= 4 is 61.2 Å². The first-order chi connectivity index (χ1) is 16.1. The molecule has 0 radical (unpaired) electrons. The molecule has 3 aromatic heterocycles. The van der Waals surface area contributed by atoms with E-state index in [2.05, 4.69) is 31.7 Å². The van der Waals surface area contributed by atoms with E-state index in [-0.39, 0.29) is 28.0 Å². The van der Waals surface area contributed by atoms with E-state index in [0.717, 1.165) is 39.3 Å². The zero-order chi connectivity index (χ0) is 24.2. The molecule has 0 saturated heterocycles. The van der Waals surface area contributed by atoms with Crippen LogP contribution in [0.1, 0.15) is 67.5 Å². The number of fused-ring (bicyclic) bond motifs is 2. The number of nitrogens with one attached hydrogen (secondary N) is 2. The van der Waals surface area contributed by atoms with E-state index >= 15 is 0 Å². The molecule has 0 bridgehead atoms. The van der Waals surface area contributed by atoms with Gasteiger partial charge in [-0.05, 0) is 58.6 Å². The molecule has 0 fully saturated rings. The summed E-state index contributed by atoms with van der Waals surface area (Å²) in [4.78, 5) is 27.0. The molecule has 0 spiro atoms. The Kier molecular flexibility index (Phi) is 5.97. The maximum atomic E-state index is 13.9. The number of aryl methyl sites for hydroxylation is 1. The zero-order valence-corrected chi connectivity index (χ0v) is 20.8. The third-order valence-electron chi connectivity index (χ3n) is 6.04. The molecule has 34 heavy (non-hydrogen) atoms. The Morgan fingerprint density at radius 1 is 1.29 bits per heavy atom. The number of thiophene rings is 2. The molecule has 0 saturated carbocycles. The van der Waals surface area contributed by atoms with Crippen molar-refractivity contribution in [1.29, 1.82) is 0 Å². The summed E-state index contributed by atoms with van der Waals surface area (Å²) in [6.45, 7) is 0. The lowest BCUT2D eigenvalue weighted by atomic mass is 9.95. The van der Waals surface area contributed by atoms with Gasteiger partial charge in [0.15, 0.2) is 11.7 Å². The minimum Gasteiger partial charge on any atom is -0.365 e. The van der Waals surface area contributed by atoms with Crippen molar-refractivity contribution < 1.29 is 22.8 Å². The summed E-state index contributed by atoms with van der Waals surface area (Å²) < 4.78 is 42.8. The third-order valence-corrected chi connectivity index (χ3v) is 8.99. The molecule has 2 amide bonds. The summed E-state index contributed by atoms with van der Waals surface area (Å²) in [7, 11) is 0. The van der Waals surface area contributed by atoms with Crippen LogP contribution < -0.4 is 16.4 Å². The van der Waals surface area contributed by atoms with Gasteiger partial charge in [-0.2, -0.15) is 18.3 Å². The predicted octanol–water partition coefficient (Wildman–Crippen LogP) is 5.66. The van der Waals surface area contributed by atoms with Crippen molar-refractivity contribution in [3.8, 4) is 0 Å². The van der Waals surface area contributed by atoms with Gasteiger partial charge in [0, 0.05) is 16.2 Å². The molecule has 7 nitrogen and oxygen atoms in total. The first-order valence-electron chi connectivity index (χ1n) is 10.6. The first-order valence-corrected chi connectivity index (χ1v) is 13.0. The average molecular weight is 574 g/mol. The molecule has 1 aliphatic carbocycles. The number of amides is 2. The summed E-state index contributed by atoms with van der Waals surface area (Å²) >= 11 is 5.92. The summed E-state index contributed by atoms with van der Waals surface area (Å²) in [6.07, 6.45) is -1.42. The van der Waals surface area contributed by atoms with Crippen LogP contribution in [0, 0.1) is 0 Å². The van der Waals surface area contributed by atoms with E-state index < -0.39 is 30.1 Å². The van der Waals surface area contributed by atoms with Gasteiger partial charge in [0.2, 0.25) is 0 Å². The number of primary amides is 1. The van der Waals surface area contributed by atoms with Crippen molar-refractivity contribution in [3.05, 3.63) is 48.6 Å². The minimum absolute atomic E-state index is 0.0812. The molecule has 3 aromatic rings. The van der Waals surface area contributed by atoms with Gasteiger partial charge in [0.05, 0.1) is 16.1 Å². The van der Waals surface area contributed by atoms with Crippen molar-refractivity contribution in [1.82, 2.24) is 9.78 Å². The van der Waals surface area contributed by atoms with Gasteiger partial charge < -0.3 is 16.4 Å². The molecular formula is C21H19BrF3N5O2S2. The number of rotatable bonds is 4. The second-order valence-corrected chi connectivity index (χ2v) is 11.1. The highest BCUT2D eigenvalue weighted by Crippen LogP contribution is 2.47. The molecule has 13 heteroatoms. The van der Waals surface area contributed by atoms with E-state index in [4.69, 9.17) is 5.73 Å². The second kappa shape index (κ2) is 8.68. The first kappa shape index (κ1) is 23.4. The lowest BCUT2D eigenvalue weighted by Crippen LogP contribution is -2.35. The van der Waals surface area contributed by atoms with Crippen LogP contribution in [0.25, 0.3) is 0 Å². The Morgan fingerprint density at radius 3 is 2.74 bits per heavy atom. The molecule has 4 heterocycles. The molecule has 5 rings (SSSR count). The molecule has 180 valence electrons. The number of carbonyl (C=O) groups is 2. The van der Waals surface area contributed by atoms with E-state index in [1.807, 2.05) is 0 Å². The highest BCUT2D eigenvalue weighted by Gasteiger charge is 2.48. The zero-order valence-electron chi connectivity index (χ0n) is 17.5. The number of hydrogen-bond acceptors (Lipinski definition) is 6. The predicted molar refractivity (Wildman–Crippen MR) is 128 cm³/mol. The number of hydrogen-bond donors (Lipinski definition) is 3. The summed E-state index contributed by atoms with van der Waals surface area (Å²) in [6, 6.07) is 1.08. The van der Waals surface area contributed by atoms with Crippen LogP contribution in [-0.4, -0.2) is 27.8 Å². The van der Waals surface area contributed by atoms with Gasteiger partial charge in [0.1, 0.15) is 10.8 Å². The molecule has 4 N–H and O–H groups in total. The number of nitrogens with two attached hydrogens (primary N) is 1. The summed E-state index contributed by atoms with van der Waals surface area (Å²) in [5.74, 6) is -1.28. The van der Waals surface area contributed by atoms with Crippen LogP contribution in [0.4, 0.5) is 24.0 Å². The number of anilines is 2. The van der Waals surface area contributed by atoms with Crippen molar-refractivity contribution in [2.75, 3.05) is 10.6 Å². The summed E-state index contributed by atoms with van der Waals surface area (Å²) in [5, 5.41) is 11.9. The maximum absolute atomic E-state index is 13.9. The van der Waals surface area contributed by atoms with Crippen molar-refractivity contribution in [2.24, 2.45) is 5.73 Å². The second-order valence-electron chi connectivity index (χ2n) is 8.19. The Hall–Kier alpha value is -2.38. The Bertz CT molecular complexity index is 1270. The van der Waals surface area contributed by atoms with E-state index in [9.17, 15) is 22.8 Å². The van der Waals surface area contributed by atoms with Crippen LogP contribution >= 0.6 is 38.6 Å². The normalized spacial score (nSPS) is 19.8. The Balaban J connectivity index is 1.50. The summed E-state index contributed by atoms with van der Waals surface area (Å²) in [5.41, 5.74) is 6.51. The number of alkyl halides is 3. The molecule has 2 aliphatic rings. The maximum Gasteiger partial charge on any atom is 0.410 e. The molecule has 2 atom stereocenters. The van der Waals surface area contributed by atoms with Gasteiger partial charge >= 0.3 is 6.18 Å². The van der Waals surface area contributed by atoms with E-state index in [1.54, 1.807) is 17.5 Å². The lowest BCUT2D eigenvalue weighted by Gasteiger charge is -2.33. The third kappa shape index (κ3) is 4.03. The number of nitrogens with zero attached hydrogens (tertiary/aromatic N) is 2. The number of aromatic nitrogens is 2. The standard InChI is InChI=1S/C21H19BrF3N5O2S2/c22-15-16(19(32)28-20-14(17(26)31)9-4-1-2-5-11(9)34-20)29-30-13(21(23,24)25)8-10(27-18(15)30)12-6-3-7-33-12/h3,6-7,10,13,27H,1-2,4-5,8H2,(H2,26,31)(H,28,32)/t10-,13-/m1/s1. The number of halogens is 4. The van der Waals surface area contributed by atoms with Gasteiger partial charge in [-0.15, -0.1) is 22.7 Å². The Morgan fingerprint density at radius 2 is 2.06 bits per heavy atom. The van der Waals surface area contributed by atoms with Crippen molar-refractivity contribution in [2.45, 2.75) is 50.4 Å². The topological polar surface area (TPSA) is 102 Å². The fourth-order valence-electron chi connectivity index (χ4n) is 4.49. The monoisotopic (exact) mass is 573 g/mol. The quantitative estimate of drug-likeness (QED) is 0.375. The fraction of sp³-hybridized carbons (Fsp3) is 0.381. The van der Waals surface area contributed by atoms with Gasteiger partial charge in [-0.25, -0.2) is 4.68 Å². The Labute approximate surface area is 208 Å². The molecule has 0 unspecified atom stereocenters. The molecule has 0 aromatic carbocycles. The smallest absolute Gasteiger partial charge is 0.365 e. The molecular weight excluding hydrogens is 555 g/mol. The van der Waals surface area contributed by atoms with E-state index in [0.29, 0.717) is 11.4 Å². The fourth-order valence-corrected chi connectivity index (χ4v) is 7.12. The van der Waals surface area contributed by atoms with Gasteiger partial charge in [0.25, 0.3) is 11.8 Å². The van der Waals surface area contributed by atoms with Crippen molar-refractivity contribution in [3.63, 3.8) is 0 Å². The van der Waals surface area contributed by atoms with Crippen LogP contribution in [-0.2, 0) is 12.8 Å². The van der Waals surface area contributed by atoms with Crippen LogP contribution in [0.3, 0.4) is 0 Å². The number of carbonyl (C=O) groups excluding carboxylic acids is 2. The highest BCUT2D eigenvalue weighted by atomic mass is 79.9. The average Bonchev–Trinajstić information content (AvgIpc) is 3.50. The SMILES string of the molecule is NC(=O)c1c(NC(=O)c2nn3c(c2Br)N[C@@H](c2cccs2)C[C@@H]3C(F)(F)F)sc2c1CCCC2. The van der Waals surface area contributed by atoms with E-state index in [1.165, 1.54) is 22.7 Å².